The molecule has 0 saturated carbocycles. The van der Waals surface area contributed by atoms with Crippen molar-refractivity contribution in [1.82, 2.24) is 0 Å². The molecule has 1 aliphatic rings. The number of aldehydes is 1. The molecule has 0 aromatic heterocycles. The first kappa shape index (κ1) is 24.2. The van der Waals surface area contributed by atoms with Crippen molar-refractivity contribution in [1.29, 1.82) is 0 Å². The predicted octanol–water partition coefficient (Wildman–Crippen LogP) is 4.91. The van der Waals surface area contributed by atoms with Crippen LogP contribution >= 0.6 is 0 Å². The summed E-state index contributed by atoms with van der Waals surface area (Å²) in [7, 11) is 3.10. The van der Waals surface area contributed by atoms with Gasteiger partial charge in [-0.2, -0.15) is 0 Å². The predicted molar refractivity (Wildman–Crippen MR) is 123 cm³/mol. The van der Waals surface area contributed by atoms with E-state index in [1.807, 2.05) is 32.9 Å². The van der Waals surface area contributed by atoms with Crippen LogP contribution in [-0.4, -0.2) is 38.9 Å². The highest BCUT2D eigenvalue weighted by Gasteiger charge is 2.36. The van der Waals surface area contributed by atoms with Gasteiger partial charge in [-0.1, -0.05) is 12.1 Å². The average molecular weight is 455 g/mol. The van der Waals surface area contributed by atoms with Crippen molar-refractivity contribution in [2.75, 3.05) is 21.0 Å². The molecule has 2 aromatic rings. The van der Waals surface area contributed by atoms with E-state index in [1.54, 1.807) is 38.5 Å². The van der Waals surface area contributed by atoms with Gasteiger partial charge >= 0.3 is 5.97 Å². The Labute approximate surface area is 194 Å². The third-order valence-electron chi connectivity index (χ3n) is 5.34. The smallest absolute Gasteiger partial charge is 0.310 e. The number of hydrogen-bond acceptors (Lipinski definition) is 7. The maximum absolute atomic E-state index is 13.4. The zero-order chi connectivity index (χ0) is 24.2. The number of esters is 1. The van der Waals surface area contributed by atoms with Gasteiger partial charge in [0.2, 0.25) is 6.79 Å². The van der Waals surface area contributed by atoms with Crippen LogP contribution in [0.2, 0.25) is 0 Å². The molecule has 1 heterocycles. The number of ether oxygens (including phenoxy) is 5. The van der Waals surface area contributed by atoms with Gasteiger partial charge < -0.3 is 23.7 Å². The molecule has 33 heavy (non-hydrogen) atoms. The van der Waals surface area contributed by atoms with E-state index in [-0.39, 0.29) is 6.79 Å². The van der Waals surface area contributed by atoms with E-state index in [2.05, 4.69) is 6.58 Å². The van der Waals surface area contributed by atoms with Crippen LogP contribution in [0.5, 0.6) is 23.0 Å². The number of hydrogen-bond donors (Lipinski definition) is 0. The van der Waals surface area contributed by atoms with Gasteiger partial charge in [-0.3, -0.25) is 9.59 Å². The van der Waals surface area contributed by atoms with Crippen LogP contribution in [0, 0.1) is 5.92 Å². The molecule has 0 fully saturated rings. The van der Waals surface area contributed by atoms with Crippen molar-refractivity contribution in [3.05, 3.63) is 59.7 Å². The van der Waals surface area contributed by atoms with Crippen molar-refractivity contribution in [2.45, 2.75) is 38.7 Å². The first-order valence-corrected chi connectivity index (χ1v) is 10.7. The second-order valence-electron chi connectivity index (χ2n) is 8.71. The first-order chi connectivity index (χ1) is 15.7. The van der Waals surface area contributed by atoms with E-state index >= 15 is 0 Å². The molecule has 2 aromatic carbocycles. The number of methoxy groups -OCH3 is 2. The molecular weight excluding hydrogens is 424 g/mol. The summed E-state index contributed by atoms with van der Waals surface area (Å²) in [6.45, 7) is 9.37. The first-order valence-electron chi connectivity index (χ1n) is 10.7. The summed E-state index contributed by atoms with van der Waals surface area (Å²) in [4.78, 5) is 25.5. The maximum Gasteiger partial charge on any atom is 0.310 e. The molecule has 176 valence electrons. The van der Waals surface area contributed by atoms with Gasteiger partial charge in [-0.25, -0.2) is 0 Å². The normalized spacial score (nSPS) is 14.2. The Bertz CT molecular complexity index is 1040. The van der Waals surface area contributed by atoms with Crippen molar-refractivity contribution < 1.29 is 33.3 Å². The zero-order valence-corrected chi connectivity index (χ0v) is 19.7. The minimum Gasteiger partial charge on any atom is -0.493 e. The fraction of sp³-hybridized carbons (Fsp3) is 0.385. The van der Waals surface area contributed by atoms with Gasteiger partial charge in [0, 0.05) is 11.5 Å². The second-order valence-corrected chi connectivity index (χ2v) is 8.71. The Hall–Kier alpha value is -3.48. The quantitative estimate of drug-likeness (QED) is 0.302. The number of fused-ring (bicyclic) bond motifs is 1. The average Bonchev–Trinajstić information content (AvgIpc) is 3.24. The molecule has 0 aliphatic carbocycles. The summed E-state index contributed by atoms with van der Waals surface area (Å²) in [5, 5.41) is 0. The standard InChI is InChI=1S/C26H30O7/c1-7-8-18(25(28)33-26(2,3)4)24(16-9-10-20(29-5)21(11-16)30-6)19-13-23-22(31-15-32-23)12-17(19)14-27/h7,9-14,18,24H,1,8,15H2,2-6H3/t18?,24-/m1/s1. The summed E-state index contributed by atoms with van der Waals surface area (Å²) in [5.41, 5.74) is 1.10. The Balaban J connectivity index is 2.23. The monoisotopic (exact) mass is 454 g/mol. The van der Waals surface area contributed by atoms with Crippen LogP contribution in [0.4, 0.5) is 0 Å². The molecule has 0 spiro atoms. The molecule has 0 N–H and O–H groups in total. The fourth-order valence-corrected chi connectivity index (χ4v) is 3.95. The van der Waals surface area contributed by atoms with Crippen LogP contribution in [0.15, 0.2) is 43.0 Å². The summed E-state index contributed by atoms with van der Waals surface area (Å²) in [5.74, 6) is 0.476. The van der Waals surface area contributed by atoms with E-state index in [9.17, 15) is 9.59 Å². The number of benzene rings is 2. The third kappa shape index (κ3) is 5.30. The minimum atomic E-state index is -0.680. The molecular formula is C26H30O7. The largest absolute Gasteiger partial charge is 0.493 e. The van der Waals surface area contributed by atoms with Crippen LogP contribution in [0.1, 0.15) is 54.6 Å². The van der Waals surface area contributed by atoms with E-state index < -0.39 is 23.4 Å². The summed E-state index contributed by atoms with van der Waals surface area (Å²) < 4.78 is 27.6. The molecule has 2 atom stereocenters. The van der Waals surface area contributed by atoms with Gasteiger partial charge in [0.05, 0.1) is 20.1 Å². The van der Waals surface area contributed by atoms with E-state index in [4.69, 9.17) is 23.7 Å². The fourth-order valence-electron chi connectivity index (χ4n) is 3.95. The van der Waals surface area contributed by atoms with Crippen molar-refractivity contribution in [3.8, 4) is 23.0 Å². The Morgan fingerprint density at radius 3 is 2.33 bits per heavy atom. The molecule has 0 saturated heterocycles. The highest BCUT2D eigenvalue weighted by molar-refractivity contribution is 5.82. The lowest BCUT2D eigenvalue weighted by molar-refractivity contribution is -0.160. The second kappa shape index (κ2) is 9.98. The molecule has 7 heteroatoms. The maximum atomic E-state index is 13.4. The summed E-state index contributed by atoms with van der Waals surface area (Å²) in [6, 6.07) is 8.83. The van der Waals surface area contributed by atoms with E-state index in [0.29, 0.717) is 40.5 Å². The Morgan fingerprint density at radius 1 is 1.09 bits per heavy atom. The van der Waals surface area contributed by atoms with E-state index in [1.165, 1.54) is 0 Å². The molecule has 0 radical (unpaired) electrons. The molecule has 3 rings (SSSR count). The lowest BCUT2D eigenvalue weighted by atomic mass is 9.77. The highest BCUT2D eigenvalue weighted by atomic mass is 16.7. The third-order valence-corrected chi connectivity index (χ3v) is 5.34. The molecule has 1 aliphatic heterocycles. The lowest BCUT2D eigenvalue weighted by Gasteiger charge is -2.30. The molecule has 7 nitrogen and oxygen atoms in total. The van der Waals surface area contributed by atoms with Gasteiger partial charge in [-0.15, -0.1) is 6.58 Å². The van der Waals surface area contributed by atoms with Crippen molar-refractivity contribution in [3.63, 3.8) is 0 Å². The topological polar surface area (TPSA) is 80.3 Å². The highest BCUT2D eigenvalue weighted by Crippen LogP contribution is 2.44. The molecule has 0 bridgehead atoms. The van der Waals surface area contributed by atoms with Crippen LogP contribution in [-0.2, 0) is 9.53 Å². The van der Waals surface area contributed by atoms with Gasteiger partial charge in [0.15, 0.2) is 23.0 Å². The summed E-state index contributed by atoms with van der Waals surface area (Å²) in [6.07, 6.45) is 2.77. The number of allylic oxidation sites excluding steroid dienone is 1. The van der Waals surface area contributed by atoms with E-state index in [0.717, 1.165) is 11.8 Å². The molecule has 0 amide bonds. The molecule has 1 unspecified atom stereocenters. The summed E-state index contributed by atoms with van der Waals surface area (Å²) >= 11 is 0. The number of carbonyl (C=O) groups is 2. The van der Waals surface area contributed by atoms with Crippen molar-refractivity contribution >= 4 is 12.3 Å². The van der Waals surface area contributed by atoms with Crippen molar-refractivity contribution in [2.24, 2.45) is 5.92 Å². The van der Waals surface area contributed by atoms with Gasteiger partial charge in [0.1, 0.15) is 11.9 Å². The minimum absolute atomic E-state index is 0.0697. The van der Waals surface area contributed by atoms with Gasteiger partial charge in [-0.05, 0) is 62.6 Å². The van der Waals surface area contributed by atoms with Crippen LogP contribution in [0.3, 0.4) is 0 Å². The zero-order valence-electron chi connectivity index (χ0n) is 19.7. The van der Waals surface area contributed by atoms with Crippen LogP contribution < -0.4 is 18.9 Å². The Morgan fingerprint density at radius 2 is 1.76 bits per heavy atom. The number of carbonyl (C=O) groups excluding carboxylic acids is 2. The van der Waals surface area contributed by atoms with Crippen LogP contribution in [0.25, 0.3) is 0 Å². The number of rotatable bonds is 9. The van der Waals surface area contributed by atoms with Gasteiger partial charge in [0.25, 0.3) is 0 Å². The lowest BCUT2D eigenvalue weighted by Crippen LogP contribution is -2.32. The Kier molecular flexibility index (Phi) is 7.31. The SMILES string of the molecule is C=CCC(C(=O)OC(C)(C)C)[C@@H](c1ccc(OC)c(OC)c1)c1cc2c(cc1C=O)OCO2.